The number of aromatic nitrogens is 1. The molecular formula is C30H33ClN4O2. The number of aryl methyl sites for hydroxylation is 1. The first-order chi connectivity index (χ1) is 17.8. The van der Waals surface area contributed by atoms with Gasteiger partial charge >= 0.3 is 6.03 Å². The number of hydrogen-bond donors (Lipinski definition) is 2. The molecule has 0 atom stereocenters. The van der Waals surface area contributed by atoms with E-state index in [1.165, 1.54) is 0 Å². The first-order valence-corrected chi connectivity index (χ1v) is 12.9. The van der Waals surface area contributed by atoms with Crippen LogP contribution >= 0.6 is 11.6 Å². The summed E-state index contributed by atoms with van der Waals surface area (Å²) in [4.78, 5) is 33.5. The van der Waals surface area contributed by atoms with Gasteiger partial charge in [-0.15, -0.1) is 0 Å². The molecule has 0 unspecified atom stereocenters. The number of rotatable bonds is 9. The minimum atomic E-state index is -0.334. The number of urea groups is 1. The lowest BCUT2D eigenvalue weighted by atomic mass is 10.1. The van der Waals surface area contributed by atoms with E-state index in [0.717, 1.165) is 27.6 Å². The van der Waals surface area contributed by atoms with E-state index < -0.39 is 0 Å². The van der Waals surface area contributed by atoms with Gasteiger partial charge in [0.2, 0.25) is 5.91 Å². The number of halogens is 1. The lowest BCUT2D eigenvalue weighted by molar-refractivity contribution is -0.132. The molecule has 0 bridgehead atoms. The molecule has 0 fully saturated rings. The Morgan fingerprint density at radius 3 is 2.46 bits per heavy atom. The van der Waals surface area contributed by atoms with E-state index in [0.29, 0.717) is 30.2 Å². The lowest BCUT2D eigenvalue weighted by Gasteiger charge is -2.30. The third-order valence-corrected chi connectivity index (χ3v) is 6.92. The SMILES string of the molecule is Cc1ccc(NC(=O)N(CC(=O)N(CCc2c[nH]c3ccccc23)Cc2ccccc2)C(C)C)cc1Cl. The average molecular weight is 517 g/mol. The number of para-hydroxylation sites is 1. The highest BCUT2D eigenvalue weighted by Gasteiger charge is 2.24. The predicted octanol–water partition coefficient (Wildman–Crippen LogP) is 6.64. The van der Waals surface area contributed by atoms with Gasteiger partial charge in [-0.2, -0.15) is 0 Å². The molecule has 0 radical (unpaired) electrons. The molecule has 7 heteroatoms. The van der Waals surface area contributed by atoms with Crippen LogP contribution in [-0.2, 0) is 17.8 Å². The van der Waals surface area contributed by atoms with Crippen molar-refractivity contribution in [1.29, 1.82) is 0 Å². The summed E-state index contributed by atoms with van der Waals surface area (Å²) in [7, 11) is 0. The molecule has 1 heterocycles. The zero-order valence-corrected chi connectivity index (χ0v) is 22.3. The van der Waals surface area contributed by atoms with Crippen LogP contribution in [-0.4, -0.2) is 45.9 Å². The fourth-order valence-corrected chi connectivity index (χ4v) is 4.47. The maximum Gasteiger partial charge on any atom is 0.322 e. The van der Waals surface area contributed by atoms with Crippen LogP contribution < -0.4 is 5.32 Å². The number of carbonyl (C=O) groups excluding carboxylic acids is 2. The molecule has 0 aliphatic heterocycles. The molecular weight excluding hydrogens is 484 g/mol. The van der Waals surface area contributed by atoms with Gasteiger partial charge in [-0.3, -0.25) is 4.79 Å². The van der Waals surface area contributed by atoms with E-state index >= 15 is 0 Å². The van der Waals surface area contributed by atoms with E-state index in [1.54, 1.807) is 11.0 Å². The van der Waals surface area contributed by atoms with Crippen molar-refractivity contribution in [3.05, 3.63) is 101 Å². The van der Waals surface area contributed by atoms with Gasteiger partial charge < -0.3 is 20.1 Å². The van der Waals surface area contributed by atoms with Crippen molar-refractivity contribution in [1.82, 2.24) is 14.8 Å². The van der Waals surface area contributed by atoms with Crippen molar-refractivity contribution in [2.75, 3.05) is 18.4 Å². The van der Waals surface area contributed by atoms with Gasteiger partial charge in [0.25, 0.3) is 0 Å². The van der Waals surface area contributed by atoms with Crippen LogP contribution in [0.2, 0.25) is 5.02 Å². The molecule has 0 aliphatic carbocycles. The quantitative estimate of drug-likeness (QED) is 0.262. The van der Waals surface area contributed by atoms with Gasteiger partial charge in [0.1, 0.15) is 6.54 Å². The Labute approximate surface area is 223 Å². The minimum absolute atomic E-state index is 0.0240. The summed E-state index contributed by atoms with van der Waals surface area (Å²) in [5, 5.41) is 4.63. The largest absolute Gasteiger partial charge is 0.361 e. The van der Waals surface area contributed by atoms with E-state index in [-0.39, 0.29) is 24.5 Å². The van der Waals surface area contributed by atoms with Crippen molar-refractivity contribution in [2.45, 2.75) is 39.8 Å². The summed E-state index contributed by atoms with van der Waals surface area (Å²) in [6.07, 6.45) is 2.72. The highest BCUT2D eigenvalue weighted by molar-refractivity contribution is 6.31. The molecule has 1 aromatic heterocycles. The molecule has 4 rings (SSSR count). The number of nitrogens with one attached hydrogen (secondary N) is 2. The topological polar surface area (TPSA) is 68.4 Å². The fourth-order valence-electron chi connectivity index (χ4n) is 4.29. The van der Waals surface area contributed by atoms with Crippen LogP contribution in [0.25, 0.3) is 10.9 Å². The van der Waals surface area contributed by atoms with E-state index in [1.807, 2.05) is 92.5 Å². The second-order valence-corrected chi connectivity index (χ2v) is 9.93. The summed E-state index contributed by atoms with van der Waals surface area (Å²) in [6.45, 7) is 6.71. The Hall–Kier alpha value is -3.77. The maximum atomic E-state index is 13.6. The van der Waals surface area contributed by atoms with Crippen LogP contribution in [0.4, 0.5) is 10.5 Å². The first-order valence-electron chi connectivity index (χ1n) is 12.5. The predicted molar refractivity (Wildman–Crippen MR) is 151 cm³/mol. The van der Waals surface area contributed by atoms with Crippen molar-refractivity contribution >= 4 is 40.1 Å². The number of aromatic amines is 1. The number of benzene rings is 3. The van der Waals surface area contributed by atoms with E-state index in [2.05, 4.69) is 16.4 Å². The highest BCUT2D eigenvalue weighted by atomic mass is 35.5. The Morgan fingerprint density at radius 2 is 1.73 bits per heavy atom. The number of fused-ring (bicyclic) bond motifs is 1. The number of amides is 3. The van der Waals surface area contributed by atoms with Gasteiger partial charge in [0.05, 0.1) is 0 Å². The molecule has 2 N–H and O–H groups in total. The molecule has 6 nitrogen and oxygen atoms in total. The molecule has 4 aromatic rings. The monoisotopic (exact) mass is 516 g/mol. The number of hydrogen-bond acceptors (Lipinski definition) is 2. The number of carbonyl (C=O) groups is 2. The van der Waals surface area contributed by atoms with Gasteiger partial charge in [-0.25, -0.2) is 4.79 Å². The van der Waals surface area contributed by atoms with Crippen molar-refractivity contribution in [3.8, 4) is 0 Å². The average Bonchev–Trinajstić information content (AvgIpc) is 3.30. The molecule has 3 amide bonds. The number of anilines is 1. The normalized spacial score (nSPS) is 11.1. The standard InChI is InChI=1S/C30H33ClN4O2/c1-21(2)35(30(37)33-25-14-13-22(3)27(31)17-25)20-29(36)34(19-23-9-5-4-6-10-23)16-15-24-18-32-28-12-8-7-11-26(24)28/h4-14,17-18,21,32H,15-16,19-20H2,1-3H3,(H,33,37). The Balaban J connectivity index is 1.49. The zero-order valence-electron chi connectivity index (χ0n) is 21.5. The summed E-state index contributed by atoms with van der Waals surface area (Å²) >= 11 is 6.23. The third kappa shape index (κ3) is 6.71. The summed E-state index contributed by atoms with van der Waals surface area (Å²) < 4.78 is 0. The van der Waals surface area contributed by atoms with Gasteiger partial charge in [-0.05, 0) is 62.1 Å². The second-order valence-electron chi connectivity index (χ2n) is 9.53. The molecule has 192 valence electrons. The van der Waals surface area contributed by atoms with Crippen molar-refractivity contribution < 1.29 is 9.59 Å². The van der Waals surface area contributed by atoms with Crippen LogP contribution in [0, 0.1) is 6.92 Å². The summed E-state index contributed by atoms with van der Waals surface area (Å²) in [6, 6.07) is 23.0. The third-order valence-electron chi connectivity index (χ3n) is 6.51. The molecule has 0 saturated heterocycles. The molecule has 0 aliphatic rings. The Bertz CT molecular complexity index is 1370. The molecule has 0 saturated carbocycles. The minimum Gasteiger partial charge on any atom is -0.361 e. The fraction of sp³-hybridized carbons (Fsp3) is 0.267. The van der Waals surface area contributed by atoms with Crippen LogP contribution in [0.15, 0.2) is 79.0 Å². The smallest absolute Gasteiger partial charge is 0.322 e. The van der Waals surface area contributed by atoms with Gasteiger partial charge in [0.15, 0.2) is 0 Å². The van der Waals surface area contributed by atoms with Crippen LogP contribution in [0.1, 0.15) is 30.5 Å². The first kappa shape index (κ1) is 26.3. The highest BCUT2D eigenvalue weighted by Crippen LogP contribution is 2.21. The number of H-pyrrole nitrogens is 1. The van der Waals surface area contributed by atoms with E-state index in [4.69, 9.17) is 11.6 Å². The van der Waals surface area contributed by atoms with Gasteiger partial charge in [-0.1, -0.05) is 66.2 Å². The molecule has 0 spiro atoms. The molecule has 3 aromatic carbocycles. The Morgan fingerprint density at radius 1 is 1.00 bits per heavy atom. The van der Waals surface area contributed by atoms with Crippen molar-refractivity contribution in [2.24, 2.45) is 0 Å². The van der Waals surface area contributed by atoms with Crippen LogP contribution in [0.5, 0.6) is 0 Å². The zero-order chi connectivity index (χ0) is 26.4. The van der Waals surface area contributed by atoms with Crippen molar-refractivity contribution in [3.63, 3.8) is 0 Å². The lowest BCUT2D eigenvalue weighted by Crippen LogP contribution is -2.47. The second kappa shape index (κ2) is 12.0. The van der Waals surface area contributed by atoms with E-state index in [9.17, 15) is 9.59 Å². The molecule has 37 heavy (non-hydrogen) atoms. The summed E-state index contributed by atoms with van der Waals surface area (Å²) in [5.74, 6) is -0.102. The Kier molecular flexibility index (Phi) is 8.51. The maximum absolute atomic E-state index is 13.6. The summed E-state index contributed by atoms with van der Waals surface area (Å²) in [5.41, 5.74) is 4.82. The van der Waals surface area contributed by atoms with Gasteiger partial charge in [0, 0.05) is 46.9 Å². The number of nitrogens with zero attached hydrogens (tertiary/aromatic N) is 2. The van der Waals surface area contributed by atoms with Crippen LogP contribution in [0.3, 0.4) is 0 Å².